The first-order valence-electron chi connectivity index (χ1n) is 12.6. The van der Waals surface area contributed by atoms with Gasteiger partial charge in [-0.1, -0.05) is 11.8 Å². The Bertz CT molecular complexity index is 1710. The minimum Gasteiger partial charge on any atom is -0.325 e. The number of thioether (sulfide) groups is 1. The maximum atomic E-state index is 13.3. The van der Waals surface area contributed by atoms with E-state index >= 15 is 0 Å². The van der Waals surface area contributed by atoms with E-state index in [-0.39, 0.29) is 27.9 Å². The van der Waals surface area contributed by atoms with E-state index in [4.69, 9.17) is 4.98 Å². The molecule has 0 atom stereocenters. The summed E-state index contributed by atoms with van der Waals surface area (Å²) >= 11 is 2.80. The van der Waals surface area contributed by atoms with E-state index in [0.29, 0.717) is 28.9 Å². The Labute approximate surface area is 234 Å². The van der Waals surface area contributed by atoms with Crippen molar-refractivity contribution in [2.24, 2.45) is 0 Å². The Morgan fingerprint density at radius 1 is 1.10 bits per heavy atom. The molecule has 1 aliphatic carbocycles. The summed E-state index contributed by atoms with van der Waals surface area (Å²) in [5, 5.41) is 4.03. The van der Waals surface area contributed by atoms with Gasteiger partial charge in [0, 0.05) is 28.9 Å². The van der Waals surface area contributed by atoms with E-state index in [2.05, 4.69) is 20.0 Å². The second-order valence-electron chi connectivity index (χ2n) is 9.24. The van der Waals surface area contributed by atoms with Crippen LogP contribution in [0.15, 0.2) is 45.2 Å². The number of rotatable bonds is 8. The summed E-state index contributed by atoms with van der Waals surface area (Å²) in [6.07, 6.45) is 4.13. The van der Waals surface area contributed by atoms with Crippen molar-refractivity contribution in [1.29, 1.82) is 0 Å². The highest BCUT2D eigenvalue weighted by atomic mass is 32.2. The third-order valence-corrected chi connectivity index (χ3v) is 9.87. The van der Waals surface area contributed by atoms with Crippen LogP contribution >= 0.6 is 23.1 Å². The molecule has 39 heavy (non-hydrogen) atoms. The second-order valence-corrected chi connectivity index (χ2v) is 13.0. The Morgan fingerprint density at radius 2 is 1.85 bits per heavy atom. The van der Waals surface area contributed by atoms with Gasteiger partial charge >= 0.3 is 0 Å². The molecule has 0 radical (unpaired) electrons. The molecular formula is C26H28N6O4S3. The summed E-state index contributed by atoms with van der Waals surface area (Å²) in [5.74, 6) is 0.415. The molecule has 3 aromatic heterocycles. The molecule has 13 heteroatoms. The minimum absolute atomic E-state index is 0.0342. The van der Waals surface area contributed by atoms with E-state index in [1.807, 2.05) is 6.92 Å². The molecule has 1 aromatic carbocycles. The highest BCUT2D eigenvalue weighted by Gasteiger charge is 2.22. The van der Waals surface area contributed by atoms with Crippen molar-refractivity contribution in [3.05, 3.63) is 62.6 Å². The molecule has 204 valence electrons. The van der Waals surface area contributed by atoms with Gasteiger partial charge in [0.2, 0.25) is 5.91 Å². The lowest BCUT2D eigenvalue weighted by atomic mass is 9.97. The van der Waals surface area contributed by atoms with Crippen molar-refractivity contribution in [3.8, 4) is 0 Å². The summed E-state index contributed by atoms with van der Waals surface area (Å²) in [6, 6.07) is 7.42. The van der Waals surface area contributed by atoms with Crippen molar-refractivity contribution in [3.63, 3.8) is 0 Å². The fourth-order valence-electron chi connectivity index (χ4n) is 4.62. The molecule has 4 aromatic rings. The Morgan fingerprint density at radius 3 is 2.56 bits per heavy atom. The number of fused-ring (bicyclic) bond motifs is 3. The molecule has 0 aliphatic heterocycles. The fraction of sp³-hybridized carbons (Fsp3) is 0.346. The lowest BCUT2D eigenvalue weighted by molar-refractivity contribution is -0.113. The average Bonchev–Trinajstić information content (AvgIpc) is 3.25. The number of amides is 1. The molecule has 2 N–H and O–H groups in total. The topological polar surface area (TPSA) is 136 Å². The second kappa shape index (κ2) is 11.1. The summed E-state index contributed by atoms with van der Waals surface area (Å²) in [6.45, 7) is 5.81. The molecule has 1 aliphatic rings. The number of nitrogens with zero attached hydrogens (tertiary/aromatic N) is 4. The zero-order valence-electron chi connectivity index (χ0n) is 21.8. The van der Waals surface area contributed by atoms with E-state index in [1.54, 1.807) is 35.8 Å². The molecule has 0 bridgehead atoms. The number of aromatic nitrogens is 4. The van der Waals surface area contributed by atoms with E-state index in [1.165, 1.54) is 40.9 Å². The SMILES string of the molecule is CCn1c(SCC(=O)Nc2ccc(S(=O)(=O)Nc3cc(C)nc(C)n3)cc2)nc2sc3c(c2c1=O)CCCC3. The zero-order valence-corrected chi connectivity index (χ0v) is 24.2. The molecule has 3 heterocycles. The molecule has 0 saturated carbocycles. The smallest absolute Gasteiger partial charge is 0.263 e. The Balaban J connectivity index is 1.26. The number of benzene rings is 1. The van der Waals surface area contributed by atoms with Gasteiger partial charge in [-0.25, -0.2) is 23.4 Å². The number of hydrogen-bond donors (Lipinski definition) is 2. The van der Waals surface area contributed by atoms with Gasteiger partial charge in [-0.15, -0.1) is 11.3 Å². The molecule has 0 unspecified atom stereocenters. The highest BCUT2D eigenvalue weighted by molar-refractivity contribution is 7.99. The maximum absolute atomic E-state index is 13.3. The van der Waals surface area contributed by atoms with E-state index in [0.717, 1.165) is 41.5 Å². The predicted octanol–water partition coefficient (Wildman–Crippen LogP) is 4.30. The largest absolute Gasteiger partial charge is 0.325 e. The van der Waals surface area contributed by atoms with Crippen LogP contribution in [-0.4, -0.2) is 39.6 Å². The van der Waals surface area contributed by atoms with Gasteiger partial charge in [-0.05, 0) is 76.3 Å². The van der Waals surface area contributed by atoms with Crippen LogP contribution in [0.5, 0.6) is 0 Å². The van der Waals surface area contributed by atoms with Crippen molar-refractivity contribution < 1.29 is 13.2 Å². The van der Waals surface area contributed by atoms with Gasteiger partial charge in [0.05, 0.1) is 16.0 Å². The predicted molar refractivity (Wildman–Crippen MR) is 154 cm³/mol. The third-order valence-electron chi connectivity index (χ3n) is 6.34. The zero-order chi connectivity index (χ0) is 27.7. The number of nitrogens with one attached hydrogen (secondary N) is 2. The Hall–Kier alpha value is -3.29. The van der Waals surface area contributed by atoms with Crippen LogP contribution in [0.4, 0.5) is 11.5 Å². The van der Waals surface area contributed by atoms with Crippen molar-refractivity contribution in [1.82, 2.24) is 19.5 Å². The molecule has 0 spiro atoms. The molecule has 0 saturated heterocycles. The van der Waals surface area contributed by atoms with Gasteiger partial charge in [-0.3, -0.25) is 18.9 Å². The molecular weight excluding hydrogens is 557 g/mol. The molecule has 0 fully saturated rings. The van der Waals surface area contributed by atoms with Gasteiger partial charge in [0.25, 0.3) is 15.6 Å². The van der Waals surface area contributed by atoms with Crippen LogP contribution in [0.25, 0.3) is 10.2 Å². The molecule has 10 nitrogen and oxygen atoms in total. The summed E-state index contributed by atoms with van der Waals surface area (Å²) < 4.78 is 29.6. The minimum atomic E-state index is -3.87. The lowest BCUT2D eigenvalue weighted by Crippen LogP contribution is -2.24. The number of hydrogen-bond acceptors (Lipinski definition) is 9. The standard InChI is InChI=1S/C26H28N6O4S3/c1-4-32-25(34)23-19-7-5-6-8-20(19)38-24(23)30-26(32)37-14-22(33)29-17-9-11-18(12-10-17)39(35,36)31-21-13-15(2)27-16(3)28-21/h9-13H,4-8,14H2,1-3H3,(H,29,33)(H,27,28,31). The fourth-order valence-corrected chi connectivity index (χ4v) is 7.78. The van der Waals surface area contributed by atoms with Crippen molar-refractivity contribution in [2.75, 3.05) is 15.8 Å². The summed E-state index contributed by atoms with van der Waals surface area (Å²) in [5.41, 5.74) is 2.22. The number of carbonyl (C=O) groups is 1. The first-order chi connectivity index (χ1) is 18.6. The first-order valence-corrected chi connectivity index (χ1v) is 15.9. The summed E-state index contributed by atoms with van der Waals surface area (Å²) in [4.78, 5) is 41.0. The van der Waals surface area contributed by atoms with Crippen LogP contribution < -0.4 is 15.6 Å². The monoisotopic (exact) mass is 584 g/mol. The molecule has 1 amide bonds. The number of carbonyl (C=O) groups excluding carboxylic acids is 1. The van der Waals surface area contributed by atoms with E-state index in [9.17, 15) is 18.0 Å². The van der Waals surface area contributed by atoms with Crippen molar-refractivity contribution in [2.45, 2.75) is 63.1 Å². The summed E-state index contributed by atoms with van der Waals surface area (Å²) in [7, 11) is -3.87. The number of sulfonamides is 1. The van der Waals surface area contributed by atoms with Crippen LogP contribution in [0, 0.1) is 13.8 Å². The average molecular weight is 585 g/mol. The Kier molecular flexibility index (Phi) is 7.74. The van der Waals surface area contributed by atoms with Gasteiger partial charge in [-0.2, -0.15) is 0 Å². The molecule has 5 rings (SSSR count). The van der Waals surface area contributed by atoms with Crippen molar-refractivity contribution >= 4 is 60.8 Å². The third kappa shape index (κ3) is 5.85. The number of anilines is 2. The van der Waals surface area contributed by atoms with E-state index < -0.39 is 10.0 Å². The van der Waals surface area contributed by atoms with Crippen LogP contribution in [0.3, 0.4) is 0 Å². The lowest BCUT2D eigenvalue weighted by Gasteiger charge is -2.12. The van der Waals surface area contributed by atoms with Crippen LogP contribution in [0.1, 0.15) is 41.7 Å². The first kappa shape index (κ1) is 27.3. The number of thiophene rings is 1. The maximum Gasteiger partial charge on any atom is 0.263 e. The normalized spacial score (nSPS) is 13.3. The van der Waals surface area contributed by atoms with Crippen LogP contribution in [-0.2, 0) is 34.2 Å². The highest BCUT2D eigenvalue weighted by Crippen LogP contribution is 2.34. The quantitative estimate of drug-likeness (QED) is 0.231. The van der Waals surface area contributed by atoms with Gasteiger partial charge in [0.15, 0.2) is 5.16 Å². The van der Waals surface area contributed by atoms with Gasteiger partial charge < -0.3 is 5.32 Å². The van der Waals surface area contributed by atoms with Crippen LogP contribution in [0.2, 0.25) is 0 Å². The van der Waals surface area contributed by atoms with Gasteiger partial charge in [0.1, 0.15) is 16.5 Å². The number of aryl methyl sites for hydroxylation is 4.